The molecule has 0 atom stereocenters. The maximum atomic E-state index is 12.6. The zero-order chi connectivity index (χ0) is 18.3. The molecule has 0 unspecified atom stereocenters. The van der Waals surface area contributed by atoms with Gasteiger partial charge < -0.3 is 9.73 Å². The molecule has 130 valence electrons. The minimum Gasteiger partial charge on any atom is -0.451 e. The summed E-state index contributed by atoms with van der Waals surface area (Å²) in [6.07, 6.45) is 0. The molecule has 0 aliphatic heterocycles. The van der Waals surface area contributed by atoms with Crippen molar-refractivity contribution in [1.29, 1.82) is 0 Å². The Balaban J connectivity index is 1.65. The summed E-state index contributed by atoms with van der Waals surface area (Å²) in [7, 11) is 0. The highest BCUT2D eigenvalue weighted by molar-refractivity contribution is 7.00. The average molecular weight is 425 g/mol. The largest absolute Gasteiger partial charge is 0.451 e. The lowest BCUT2D eigenvalue weighted by atomic mass is 10.2. The third-order valence-corrected chi connectivity index (χ3v) is 5.34. The molecule has 2 aromatic carbocycles. The number of halogens is 3. The quantitative estimate of drug-likeness (QED) is 0.427. The van der Waals surface area contributed by atoms with Crippen molar-refractivity contribution in [2.75, 3.05) is 5.32 Å². The second-order valence-electron chi connectivity index (χ2n) is 5.27. The van der Waals surface area contributed by atoms with Gasteiger partial charge in [0.25, 0.3) is 5.91 Å². The molecule has 0 radical (unpaired) electrons. The molecular formula is C17H8Cl3N3O2S. The maximum absolute atomic E-state index is 12.6. The van der Waals surface area contributed by atoms with Crippen LogP contribution in [0.1, 0.15) is 10.6 Å². The standard InChI is InChI=1S/C17H8Cl3N3O2S/c18-9-3-1-2-8(14(9)20)12-6-7-13(25-12)17(24)21-15-10(19)4-5-11-16(15)23-26-22-11/h1-7H,(H,21,24). The Labute approximate surface area is 166 Å². The predicted molar refractivity (Wildman–Crippen MR) is 105 cm³/mol. The van der Waals surface area contributed by atoms with E-state index >= 15 is 0 Å². The Morgan fingerprint density at radius 3 is 2.69 bits per heavy atom. The van der Waals surface area contributed by atoms with Gasteiger partial charge in [-0.3, -0.25) is 4.79 Å². The van der Waals surface area contributed by atoms with Gasteiger partial charge in [-0.15, -0.1) is 0 Å². The van der Waals surface area contributed by atoms with Crippen molar-refractivity contribution in [1.82, 2.24) is 8.75 Å². The van der Waals surface area contributed by atoms with Crippen LogP contribution in [-0.4, -0.2) is 14.7 Å². The molecule has 1 amide bonds. The summed E-state index contributed by atoms with van der Waals surface area (Å²) in [5, 5.41) is 3.85. The molecule has 0 bridgehead atoms. The molecule has 0 saturated carbocycles. The normalized spacial score (nSPS) is 11.0. The van der Waals surface area contributed by atoms with Gasteiger partial charge in [-0.25, -0.2) is 0 Å². The van der Waals surface area contributed by atoms with E-state index in [1.54, 1.807) is 42.5 Å². The molecule has 2 aromatic heterocycles. The molecule has 1 N–H and O–H groups in total. The molecule has 0 aliphatic rings. The molecule has 0 saturated heterocycles. The second-order valence-corrected chi connectivity index (χ2v) is 6.99. The number of rotatable bonds is 3. The van der Waals surface area contributed by atoms with Crippen molar-refractivity contribution >= 4 is 69.2 Å². The summed E-state index contributed by atoms with van der Waals surface area (Å²) in [5.41, 5.74) is 2.17. The fourth-order valence-corrected chi connectivity index (χ4v) is 3.56. The van der Waals surface area contributed by atoms with Gasteiger partial charge in [0.1, 0.15) is 16.8 Å². The van der Waals surface area contributed by atoms with Crippen LogP contribution in [0.25, 0.3) is 22.4 Å². The zero-order valence-corrected chi connectivity index (χ0v) is 15.9. The van der Waals surface area contributed by atoms with E-state index in [1.807, 2.05) is 0 Å². The molecule has 5 nitrogen and oxygen atoms in total. The highest BCUT2D eigenvalue weighted by atomic mass is 35.5. The Bertz CT molecular complexity index is 1140. The van der Waals surface area contributed by atoms with Crippen molar-refractivity contribution < 1.29 is 9.21 Å². The Morgan fingerprint density at radius 1 is 1.00 bits per heavy atom. The number of carbonyl (C=O) groups is 1. The first-order chi connectivity index (χ1) is 12.5. The van der Waals surface area contributed by atoms with E-state index in [0.29, 0.717) is 43.1 Å². The van der Waals surface area contributed by atoms with Crippen LogP contribution < -0.4 is 5.32 Å². The maximum Gasteiger partial charge on any atom is 0.291 e. The lowest BCUT2D eigenvalue weighted by Gasteiger charge is -2.06. The summed E-state index contributed by atoms with van der Waals surface area (Å²) in [4.78, 5) is 12.6. The highest BCUT2D eigenvalue weighted by Gasteiger charge is 2.18. The number of aromatic nitrogens is 2. The first-order valence-electron chi connectivity index (χ1n) is 7.31. The van der Waals surface area contributed by atoms with Crippen LogP contribution in [0.15, 0.2) is 46.9 Å². The molecule has 9 heteroatoms. The van der Waals surface area contributed by atoms with Gasteiger partial charge in [-0.1, -0.05) is 40.9 Å². The topological polar surface area (TPSA) is 68.0 Å². The summed E-state index contributed by atoms with van der Waals surface area (Å²) < 4.78 is 13.9. The van der Waals surface area contributed by atoms with Crippen LogP contribution in [0.2, 0.25) is 15.1 Å². The van der Waals surface area contributed by atoms with Crippen molar-refractivity contribution in [3.05, 3.63) is 63.3 Å². The number of benzene rings is 2. The Hall–Kier alpha value is -2.12. The zero-order valence-electron chi connectivity index (χ0n) is 12.8. The molecular weight excluding hydrogens is 417 g/mol. The van der Waals surface area contributed by atoms with Crippen LogP contribution in [-0.2, 0) is 0 Å². The van der Waals surface area contributed by atoms with Crippen LogP contribution >= 0.6 is 46.5 Å². The Morgan fingerprint density at radius 2 is 1.85 bits per heavy atom. The minimum atomic E-state index is -0.461. The van der Waals surface area contributed by atoms with E-state index in [4.69, 9.17) is 39.2 Å². The minimum absolute atomic E-state index is 0.104. The van der Waals surface area contributed by atoms with Gasteiger partial charge in [0.15, 0.2) is 5.76 Å². The van der Waals surface area contributed by atoms with Gasteiger partial charge >= 0.3 is 0 Å². The van der Waals surface area contributed by atoms with Gasteiger partial charge in [0.2, 0.25) is 0 Å². The van der Waals surface area contributed by atoms with Crippen molar-refractivity contribution in [3.8, 4) is 11.3 Å². The molecule has 4 rings (SSSR count). The first-order valence-corrected chi connectivity index (χ1v) is 9.17. The number of amides is 1. The van der Waals surface area contributed by atoms with E-state index in [0.717, 1.165) is 11.7 Å². The Kier molecular flexibility index (Phi) is 4.58. The molecule has 4 aromatic rings. The monoisotopic (exact) mass is 423 g/mol. The number of nitrogens with one attached hydrogen (secondary N) is 1. The van der Waals surface area contributed by atoms with Crippen LogP contribution in [0, 0.1) is 0 Å². The smallest absolute Gasteiger partial charge is 0.291 e. The number of nitrogens with zero attached hydrogens (tertiary/aromatic N) is 2. The van der Waals surface area contributed by atoms with Crippen molar-refractivity contribution in [3.63, 3.8) is 0 Å². The molecule has 26 heavy (non-hydrogen) atoms. The fraction of sp³-hybridized carbons (Fsp3) is 0. The van der Waals surface area contributed by atoms with Gasteiger partial charge in [0, 0.05) is 5.56 Å². The van der Waals surface area contributed by atoms with E-state index in [2.05, 4.69) is 14.1 Å². The number of carbonyl (C=O) groups excluding carboxylic acids is 1. The van der Waals surface area contributed by atoms with Crippen LogP contribution in [0.4, 0.5) is 5.69 Å². The molecule has 0 fully saturated rings. The highest BCUT2D eigenvalue weighted by Crippen LogP contribution is 2.35. The lowest BCUT2D eigenvalue weighted by molar-refractivity contribution is 0.0997. The third kappa shape index (κ3) is 3.05. The SMILES string of the molecule is O=C(Nc1c(Cl)ccc2nsnc12)c1ccc(-c2cccc(Cl)c2Cl)o1. The molecule has 2 heterocycles. The second kappa shape index (κ2) is 6.89. The summed E-state index contributed by atoms with van der Waals surface area (Å²) in [6, 6.07) is 11.8. The summed E-state index contributed by atoms with van der Waals surface area (Å²) in [5.74, 6) is 0.0754. The van der Waals surface area contributed by atoms with E-state index < -0.39 is 5.91 Å². The van der Waals surface area contributed by atoms with Crippen molar-refractivity contribution in [2.45, 2.75) is 0 Å². The number of hydrogen-bond acceptors (Lipinski definition) is 5. The van der Waals surface area contributed by atoms with Gasteiger partial charge in [-0.05, 0) is 36.4 Å². The average Bonchev–Trinajstić information content (AvgIpc) is 3.29. The van der Waals surface area contributed by atoms with Gasteiger partial charge in [0.05, 0.1) is 32.5 Å². The van der Waals surface area contributed by atoms with E-state index in [-0.39, 0.29) is 5.76 Å². The van der Waals surface area contributed by atoms with Crippen LogP contribution in [0.3, 0.4) is 0 Å². The number of anilines is 1. The molecule has 0 aliphatic carbocycles. The van der Waals surface area contributed by atoms with Crippen molar-refractivity contribution in [2.24, 2.45) is 0 Å². The fourth-order valence-electron chi connectivity index (χ4n) is 2.42. The number of furan rings is 1. The van der Waals surface area contributed by atoms with E-state index in [9.17, 15) is 4.79 Å². The summed E-state index contributed by atoms with van der Waals surface area (Å²) in [6.45, 7) is 0. The number of fused-ring (bicyclic) bond motifs is 1. The van der Waals surface area contributed by atoms with Gasteiger partial charge in [-0.2, -0.15) is 8.75 Å². The predicted octanol–water partition coefficient (Wildman–Crippen LogP) is 6.16. The number of hydrogen-bond donors (Lipinski definition) is 1. The first kappa shape index (κ1) is 17.3. The lowest BCUT2D eigenvalue weighted by Crippen LogP contribution is -2.11. The molecule has 0 spiro atoms. The van der Waals surface area contributed by atoms with E-state index in [1.165, 1.54) is 0 Å². The van der Waals surface area contributed by atoms with Crippen LogP contribution in [0.5, 0.6) is 0 Å². The third-order valence-electron chi connectivity index (χ3n) is 3.66. The summed E-state index contributed by atoms with van der Waals surface area (Å²) >= 11 is 19.5.